The predicted octanol–water partition coefficient (Wildman–Crippen LogP) is -0.666. The summed E-state index contributed by atoms with van der Waals surface area (Å²) in [6, 6.07) is 0. The lowest BCUT2D eigenvalue weighted by atomic mass is 9.40. The molecular weight excluding hydrogens is 103 g/mol. The van der Waals surface area contributed by atoms with Crippen molar-refractivity contribution in [2.45, 2.75) is 17.7 Å². The molecule has 0 spiro atoms. The number of hydrogen-bond acceptors (Lipinski definition) is 2. The van der Waals surface area contributed by atoms with Crippen LogP contribution in [0.5, 0.6) is 0 Å². The zero-order chi connectivity index (χ0) is 5.61. The van der Waals surface area contributed by atoms with Crippen LogP contribution in [0.2, 0.25) is 5.82 Å². The van der Waals surface area contributed by atoms with Gasteiger partial charge in [-0.3, -0.25) is 0 Å². The van der Waals surface area contributed by atoms with E-state index in [-0.39, 0.29) is 12.1 Å². The van der Waals surface area contributed by atoms with E-state index in [1.165, 1.54) is 0 Å². The Morgan fingerprint density at radius 2 is 2.62 bits per heavy atom. The highest BCUT2D eigenvalue weighted by Gasteiger charge is 2.52. The fourth-order valence-electron chi connectivity index (χ4n) is 1.70. The van der Waals surface area contributed by atoms with Crippen molar-refractivity contribution in [3.05, 3.63) is 0 Å². The molecule has 8 heavy (non-hydrogen) atoms. The summed E-state index contributed by atoms with van der Waals surface area (Å²) in [5.74, 6) is 0.780. The van der Waals surface area contributed by atoms with E-state index in [9.17, 15) is 0 Å². The van der Waals surface area contributed by atoms with Gasteiger partial charge in [-0.05, 0) is 12.2 Å². The monoisotopic (exact) mass is 112 g/mol. The summed E-state index contributed by atoms with van der Waals surface area (Å²) in [5.41, 5.74) is -0.0648. The van der Waals surface area contributed by atoms with Crippen molar-refractivity contribution >= 4 is 7.28 Å². The van der Waals surface area contributed by atoms with Crippen LogP contribution >= 0.6 is 0 Å². The van der Waals surface area contributed by atoms with E-state index in [0.717, 1.165) is 26.1 Å². The van der Waals surface area contributed by atoms with E-state index in [4.69, 9.17) is 9.84 Å². The van der Waals surface area contributed by atoms with E-state index < -0.39 is 0 Å². The molecule has 2 unspecified atom stereocenters. The minimum Gasteiger partial charge on any atom is -0.394 e. The molecule has 2 nitrogen and oxygen atoms in total. The van der Waals surface area contributed by atoms with E-state index in [1.54, 1.807) is 0 Å². The standard InChI is InChI=1S/C5H9BO2/c7-3-5-1-4(6-5)2-8-5/h4,6-7H,1-3H2. The minimum atomic E-state index is -0.0648. The number of ether oxygens (including phenoxy) is 1. The predicted molar refractivity (Wildman–Crippen MR) is 31.3 cm³/mol. The number of rotatable bonds is 1. The molecule has 1 N–H and O–H groups in total. The molecule has 3 heteroatoms. The molecular formula is C5H9BO2. The molecule has 0 radical (unpaired) electrons. The van der Waals surface area contributed by atoms with Gasteiger partial charge in [-0.2, -0.15) is 0 Å². The number of aliphatic hydroxyl groups is 1. The SMILES string of the molecule is OCC12BC(CO1)C2. The van der Waals surface area contributed by atoms with Crippen molar-refractivity contribution in [1.29, 1.82) is 0 Å². The summed E-state index contributed by atoms with van der Waals surface area (Å²) in [5, 5.41) is 8.74. The van der Waals surface area contributed by atoms with Crippen molar-refractivity contribution in [2.24, 2.45) is 0 Å². The largest absolute Gasteiger partial charge is 0.394 e. The summed E-state index contributed by atoms with van der Waals surface area (Å²) in [6.07, 6.45) is 1.10. The molecule has 3 rings (SSSR count). The fourth-order valence-corrected chi connectivity index (χ4v) is 1.70. The Labute approximate surface area is 49.1 Å². The Morgan fingerprint density at radius 3 is 2.88 bits per heavy atom. The Bertz CT molecular complexity index is 103. The maximum absolute atomic E-state index is 8.74. The third-order valence-electron chi connectivity index (χ3n) is 2.23. The molecule has 3 fully saturated rings. The van der Waals surface area contributed by atoms with Crippen molar-refractivity contribution < 1.29 is 9.84 Å². The summed E-state index contributed by atoms with van der Waals surface area (Å²) < 4.78 is 5.31. The number of aliphatic hydroxyl groups excluding tert-OH is 1. The van der Waals surface area contributed by atoms with Crippen LogP contribution in [-0.2, 0) is 4.74 Å². The van der Waals surface area contributed by atoms with Gasteiger partial charge in [0.2, 0.25) is 0 Å². The number of fused-ring (bicyclic) bond motifs is 1. The summed E-state index contributed by atoms with van der Waals surface area (Å²) >= 11 is 0. The first-order chi connectivity index (χ1) is 3.85. The lowest BCUT2D eigenvalue weighted by molar-refractivity contribution is 0.0272. The molecule has 3 heterocycles. The van der Waals surface area contributed by atoms with Crippen LogP contribution in [0.1, 0.15) is 6.42 Å². The van der Waals surface area contributed by atoms with Crippen LogP contribution < -0.4 is 0 Å². The quantitative estimate of drug-likeness (QED) is 0.456. The summed E-state index contributed by atoms with van der Waals surface area (Å²) in [7, 11) is 1.10. The Balaban J connectivity index is 2.09. The second-order valence-corrected chi connectivity index (χ2v) is 2.93. The van der Waals surface area contributed by atoms with E-state index in [0.29, 0.717) is 0 Å². The molecule has 0 aromatic carbocycles. The lowest BCUT2D eigenvalue weighted by Crippen LogP contribution is -2.46. The third kappa shape index (κ3) is 0.413. The van der Waals surface area contributed by atoms with Gasteiger partial charge in [-0.1, -0.05) is 0 Å². The van der Waals surface area contributed by atoms with Gasteiger partial charge in [-0.25, -0.2) is 0 Å². The summed E-state index contributed by atoms with van der Waals surface area (Å²) in [4.78, 5) is 0. The van der Waals surface area contributed by atoms with E-state index >= 15 is 0 Å². The van der Waals surface area contributed by atoms with E-state index in [2.05, 4.69) is 0 Å². The van der Waals surface area contributed by atoms with Crippen molar-refractivity contribution in [2.75, 3.05) is 13.2 Å². The van der Waals surface area contributed by atoms with Crippen molar-refractivity contribution in [3.8, 4) is 0 Å². The zero-order valence-electron chi connectivity index (χ0n) is 4.76. The summed E-state index contributed by atoms with van der Waals surface area (Å²) in [6.45, 7) is 1.12. The molecule has 44 valence electrons. The molecule has 0 aromatic heterocycles. The fraction of sp³-hybridized carbons (Fsp3) is 1.00. The first kappa shape index (κ1) is 4.83. The van der Waals surface area contributed by atoms with Crippen LogP contribution in [0.15, 0.2) is 0 Å². The molecule has 0 aliphatic carbocycles. The third-order valence-corrected chi connectivity index (χ3v) is 2.23. The van der Waals surface area contributed by atoms with Gasteiger partial charge >= 0.3 is 0 Å². The van der Waals surface area contributed by atoms with Gasteiger partial charge in [0, 0.05) is 6.61 Å². The molecule has 2 atom stereocenters. The highest BCUT2D eigenvalue weighted by molar-refractivity contribution is 6.47. The average molecular weight is 112 g/mol. The second kappa shape index (κ2) is 1.28. The van der Waals surface area contributed by atoms with Crippen LogP contribution in [0.25, 0.3) is 0 Å². The van der Waals surface area contributed by atoms with Crippen molar-refractivity contribution in [3.63, 3.8) is 0 Å². The zero-order valence-corrected chi connectivity index (χ0v) is 4.76. The number of hydrogen-bond donors (Lipinski definition) is 1. The Morgan fingerprint density at radius 1 is 1.88 bits per heavy atom. The highest BCUT2D eigenvalue weighted by Crippen LogP contribution is 2.44. The van der Waals surface area contributed by atoms with Crippen molar-refractivity contribution in [1.82, 2.24) is 0 Å². The van der Waals surface area contributed by atoms with E-state index in [1.807, 2.05) is 0 Å². The van der Waals surface area contributed by atoms with Crippen LogP contribution in [-0.4, -0.2) is 31.1 Å². The van der Waals surface area contributed by atoms with Crippen LogP contribution in [0.3, 0.4) is 0 Å². The minimum absolute atomic E-state index is 0.0648. The first-order valence-electron chi connectivity index (χ1n) is 3.09. The molecule has 3 saturated heterocycles. The lowest BCUT2D eigenvalue weighted by Gasteiger charge is -2.32. The highest BCUT2D eigenvalue weighted by atomic mass is 16.5. The van der Waals surface area contributed by atoms with Gasteiger partial charge in [0.15, 0.2) is 7.28 Å². The normalized spacial score (nSPS) is 50.4. The molecule has 0 saturated carbocycles. The molecule has 0 amide bonds. The van der Waals surface area contributed by atoms with Crippen LogP contribution in [0, 0.1) is 0 Å². The maximum Gasteiger partial charge on any atom is 0.170 e. The molecule has 3 aliphatic rings. The maximum atomic E-state index is 8.74. The first-order valence-corrected chi connectivity index (χ1v) is 3.09. The average Bonchev–Trinajstić information content (AvgIpc) is 2.17. The van der Waals surface area contributed by atoms with Crippen LogP contribution in [0.4, 0.5) is 0 Å². The van der Waals surface area contributed by atoms with Gasteiger partial charge in [0.1, 0.15) is 0 Å². The van der Waals surface area contributed by atoms with Gasteiger partial charge < -0.3 is 9.84 Å². The smallest absolute Gasteiger partial charge is 0.170 e. The topological polar surface area (TPSA) is 29.5 Å². The molecule has 3 aliphatic heterocycles. The Kier molecular flexibility index (Phi) is 0.772. The second-order valence-electron chi connectivity index (χ2n) is 2.93. The molecule has 2 bridgehead atoms. The molecule has 0 aromatic rings. The van der Waals surface area contributed by atoms with Gasteiger partial charge in [0.05, 0.1) is 12.1 Å². The van der Waals surface area contributed by atoms with Gasteiger partial charge in [0.25, 0.3) is 0 Å². The van der Waals surface area contributed by atoms with Gasteiger partial charge in [-0.15, -0.1) is 0 Å². The Hall–Kier alpha value is -0.0151.